The summed E-state index contributed by atoms with van der Waals surface area (Å²) < 4.78 is 12.7. The van der Waals surface area contributed by atoms with Gasteiger partial charge in [0.15, 0.2) is 11.5 Å². The van der Waals surface area contributed by atoms with Crippen LogP contribution in [0.3, 0.4) is 0 Å². The molecule has 32 heavy (non-hydrogen) atoms. The predicted octanol–water partition coefficient (Wildman–Crippen LogP) is 6.12. The Hall–Kier alpha value is -3.31. The molecule has 1 amide bonds. The molecule has 0 radical (unpaired) electrons. The molecule has 0 saturated carbocycles. The maximum Gasteiger partial charge on any atom is 0.266 e. The molecule has 0 aromatic heterocycles. The number of nitrogens with one attached hydrogen (secondary N) is 1. The van der Waals surface area contributed by atoms with Crippen LogP contribution in [0.1, 0.15) is 23.6 Å². The Morgan fingerprint density at radius 3 is 2.53 bits per heavy atom. The molecule has 0 aliphatic heterocycles. The van der Waals surface area contributed by atoms with E-state index < -0.39 is 5.91 Å². The third kappa shape index (κ3) is 6.59. The molecule has 0 spiro atoms. The van der Waals surface area contributed by atoms with E-state index in [9.17, 15) is 10.1 Å². The molecule has 0 saturated heterocycles. The minimum absolute atomic E-state index is 0.000339. The van der Waals surface area contributed by atoms with Crippen LogP contribution in [0.5, 0.6) is 11.5 Å². The van der Waals surface area contributed by atoms with Gasteiger partial charge in [-0.2, -0.15) is 5.26 Å². The number of carbonyl (C=O) groups excluding carboxylic acids is 1. The van der Waals surface area contributed by atoms with Gasteiger partial charge >= 0.3 is 0 Å². The van der Waals surface area contributed by atoms with Gasteiger partial charge in [0.05, 0.1) is 6.61 Å². The maximum atomic E-state index is 12.6. The van der Waals surface area contributed by atoms with Crippen molar-refractivity contribution < 1.29 is 14.3 Å². The molecular formula is C26H23IN2O3. The summed E-state index contributed by atoms with van der Waals surface area (Å²) in [6.45, 7) is 4.81. The van der Waals surface area contributed by atoms with Gasteiger partial charge in [-0.3, -0.25) is 4.79 Å². The Balaban J connectivity index is 1.77. The highest BCUT2D eigenvalue weighted by Gasteiger charge is 2.12. The second kappa shape index (κ2) is 11.3. The molecule has 0 heterocycles. The van der Waals surface area contributed by atoms with Crippen molar-refractivity contribution in [3.63, 3.8) is 0 Å². The van der Waals surface area contributed by atoms with E-state index >= 15 is 0 Å². The molecule has 0 aliphatic carbocycles. The Morgan fingerprint density at radius 2 is 1.84 bits per heavy atom. The van der Waals surface area contributed by atoms with Gasteiger partial charge in [-0.15, -0.1) is 0 Å². The fourth-order valence-corrected chi connectivity index (χ4v) is 3.47. The fourth-order valence-electron chi connectivity index (χ4n) is 2.93. The first-order valence-corrected chi connectivity index (χ1v) is 11.2. The second-order valence-electron chi connectivity index (χ2n) is 7.05. The monoisotopic (exact) mass is 538 g/mol. The lowest BCUT2D eigenvalue weighted by molar-refractivity contribution is -0.112. The number of anilines is 1. The van der Waals surface area contributed by atoms with Gasteiger partial charge in [0.25, 0.3) is 5.91 Å². The number of benzene rings is 3. The van der Waals surface area contributed by atoms with Crippen molar-refractivity contribution in [2.45, 2.75) is 20.5 Å². The van der Waals surface area contributed by atoms with E-state index in [1.807, 2.05) is 62.4 Å². The highest BCUT2D eigenvalue weighted by Crippen LogP contribution is 2.30. The van der Waals surface area contributed by atoms with Crippen molar-refractivity contribution in [1.29, 1.82) is 5.26 Å². The average molecular weight is 538 g/mol. The predicted molar refractivity (Wildman–Crippen MR) is 135 cm³/mol. The largest absolute Gasteiger partial charge is 0.490 e. The lowest BCUT2D eigenvalue weighted by Crippen LogP contribution is -2.13. The SMILES string of the molecule is CCOc1cc(/C=C(\C#N)C(=O)Nc2cccc(I)c2)ccc1OCc1ccc(C)cc1. The van der Waals surface area contributed by atoms with E-state index in [1.54, 1.807) is 24.3 Å². The lowest BCUT2D eigenvalue weighted by atomic mass is 10.1. The Bertz CT molecular complexity index is 1160. The van der Waals surface area contributed by atoms with Gasteiger partial charge in [0.2, 0.25) is 0 Å². The first-order valence-electron chi connectivity index (χ1n) is 10.1. The molecule has 162 valence electrons. The number of nitrogens with zero attached hydrogens (tertiary/aromatic N) is 1. The zero-order chi connectivity index (χ0) is 22.9. The van der Waals surface area contributed by atoms with Crippen LogP contribution in [0.25, 0.3) is 6.08 Å². The minimum Gasteiger partial charge on any atom is -0.490 e. The number of aryl methyl sites for hydroxylation is 1. The van der Waals surface area contributed by atoms with Gasteiger partial charge in [-0.1, -0.05) is 42.0 Å². The first-order chi connectivity index (χ1) is 15.5. The average Bonchev–Trinajstić information content (AvgIpc) is 2.78. The molecule has 3 aromatic carbocycles. The maximum absolute atomic E-state index is 12.6. The number of amides is 1. The molecule has 0 atom stereocenters. The normalized spacial score (nSPS) is 10.9. The third-order valence-corrected chi connectivity index (χ3v) is 5.21. The smallest absolute Gasteiger partial charge is 0.266 e. The molecule has 5 nitrogen and oxygen atoms in total. The summed E-state index contributed by atoms with van der Waals surface area (Å²) in [6, 6.07) is 22.9. The summed E-state index contributed by atoms with van der Waals surface area (Å²) in [4.78, 5) is 12.6. The fraction of sp³-hybridized carbons (Fsp3) is 0.154. The van der Waals surface area contributed by atoms with E-state index in [0.717, 1.165) is 9.13 Å². The van der Waals surface area contributed by atoms with Crippen LogP contribution in [0.4, 0.5) is 5.69 Å². The number of halogens is 1. The van der Waals surface area contributed by atoms with Crippen LogP contribution >= 0.6 is 22.6 Å². The molecule has 0 unspecified atom stereocenters. The highest BCUT2D eigenvalue weighted by molar-refractivity contribution is 14.1. The van der Waals surface area contributed by atoms with E-state index in [2.05, 4.69) is 27.9 Å². The van der Waals surface area contributed by atoms with Crippen molar-refractivity contribution in [3.05, 3.63) is 92.6 Å². The van der Waals surface area contributed by atoms with Crippen molar-refractivity contribution in [1.82, 2.24) is 0 Å². The number of rotatable bonds is 8. The summed E-state index contributed by atoms with van der Waals surface area (Å²) in [7, 11) is 0. The van der Waals surface area contributed by atoms with Gasteiger partial charge in [-0.05, 0) is 84.0 Å². The lowest BCUT2D eigenvalue weighted by Gasteiger charge is -2.13. The van der Waals surface area contributed by atoms with E-state index in [0.29, 0.717) is 36.0 Å². The molecule has 0 aliphatic rings. The third-order valence-electron chi connectivity index (χ3n) is 4.54. The number of carbonyl (C=O) groups is 1. The molecule has 3 rings (SSSR count). The zero-order valence-electron chi connectivity index (χ0n) is 17.9. The van der Waals surface area contributed by atoms with Crippen LogP contribution in [0.2, 0.25) is 0 Å². The van der Waals surface area contributed by atoms with Gasteiger partial charge in [0, 0.05) is 9.26 Å². The summed E-state index contributed by atoms with van der Waals surface area (Å²) >= 11 is 2.17. The Kier molecular flexibility index (Phi) is 8.28. The first kappa shape index (κ1) is 23.4. The standard InChI is InChI=1S/C26H23IN2O3/c1-3-31-25-14-20(11-12-24(25)32-17-19-9-7-18(2)8-10-19)13-21(16-28)26(30)29-23-6-4-5-22(27)15-23/h4-15H,3,17H2,1-2H3,(H,29,30)/b21-13+. The molecular weight excluding hydrogens is 515 g/mol. The van der Waals surface area contributed by atoms with Gasteiger partial charge in [-0.25, -0.2) is 0 Å². The summed E-state index contributed by atoms with van der Waals surface area (Å²) in [5, 5.41) is 12.3. The van der Waals surface area contributed by atoms with Crippen molar-refractivity contribution in [2.75, 3.05) is 11.9 Å². The van der Waals surface area contributed by atoms with Crippen LogP contribution < -0.4 is 14.8 Å². The van der Waals surface area contributed by atoms with E-state index in [1.165, 1.54) is 11.6 Å². The second-order valence-corrected chi connectivity index (χ2v) is 8.29. The number of ether oxygens (including phenoxy) is 2. The molecule has 0 fully saturated rings. The van der Waals surface area contributed by atoms with Crippen LogP contribution in [-0.2, 0) is 11.4 Å². The topological polar surface area (TPSA) is 71.3 Å². The van der Waals surface area contributed by atoms with Gasteiger partial charge < -0.3 is 14.8 Å². The Morgan fingerprint density at radius 1 is 1.06 bits per heavy atom. The van der Waals surface area contributed by atoms with Crippen molar-refractivity contribution in [2.24, 2.45) is 0 Å². The molecule has 0 bridgehead atoms. The molecule has 6 heteroatoms. The molecule has 3 aromatic rings. The molecule has 1 N–H and O–H groups in total. The number of nitriles is 1. The summed E-state index contributed by atoms with van der Waals surface area (Å²) in [5.41, 5.74) is 3.56. The van der Waals surface area contributed by atoms with Crippen LogP contribution in [-0.4, -0.2) is 12.5 Å². The minimum atomic E-state index is -0.466. The highest BCUT2D eigenvalue weighted by atomic mass is 127. The van der Waals surface area contributed by atoms with Gasteiger partial charge in [0.1, 0.15) is 18.2 Å². The zero-order valence-corrected chi connectivity index (χ0v) is 20.0. The van der Waals surface area contributed by atoms with Crippen LogP contribution in [0.15, 0.2) is 72.3 Å². The number of hydrogen-bond donors (Lipinski definition) is 1. The van der Waals surface area contributed by atoms with Crippen LogP contribution in [0, 0.1) is 21.8 Å². The van der Waals surface area contributed by atoms with E-state index in [-0.39, 0.29) is 5.57 Å². The summed E-state index contributed by atoms with van der Waals surface area (Å²) in [6.07, 6.45) is 1.54. The Labute approximate surface area is 201 Å². The van der Waals surface area contributed by atoms with Crippen molar-refractivity contribution in [3.8, 4) is 17.6 Å². The summed E-state index contributed by atoms with van der Waals surface area (Å²) in [5.74, 6) is 0.697. The van der Waals surface area contributed by atoms with Crippen molar-refractivity contribution >= 4 is 40.3 Å². The number of hydrogen-bond acceptors (Lipinski definition) is 4. The van der Waals surface area contributed by atoms with E-state index in [4.69, 9.17) is 9.47 Å². The quantitative estimate of drug-likeness (QED) is 0.213.